The molecule has 7 nitrogen and oxygen atoms in total. The topological polar surface area (TPSA) is 85.3 Å². The molecule has 1 aromatic carbocycles. The Morgan fingerprint density at radius 1 is 1.09 bits per heavy atom. The van der Waals surface area contributed by atoms with E-state index in [1.54, 1.807) is 11.8 Å². The normalized spacial score (nSPS) is 12.3. The molecule has 0 aliphatic rings. The fraction of sp³-hybridized carbons (Fsp3) is 0.680. The maximum atomic E-state index is 12.6. The van der Waals surface area contributed by atoms with Crippen molar-refractivity contribution < 1.29 is 28.9 Å². The minimum atomic E-state index is -0.969. The first-order valence-electron chi connectivity index (χ1n) is 11.7. The van der Waals surface area contributed by atoms with E-state index in [0.717, 1.165) is 29.9 Å². The van der Waals surface area contributed by atoms with Gasteiger partial charge in [-0.05, 0) is 54.4 Å². The van der Waals surface area contributed by atoms with Gasteiger partial charge in [-0.15, -0.1) is 0 Å². The lowest BCUT2D eigenvalue weighted by Gasteiger charge is -2.25. The Balaban J connectivity index is 2.57. The maximum absolute atomic E-state index is 12.6. The van der Waals surface area contributed by atoms with Crippen molar-refractivity contribution in [3.63, 3.8) is 0 Å². The highest BCUT2D eigenvalue weighted by atomic mass is 32.2. The summed E-state index contributed by atoms with van der Waals surface area (Å²) in [6, 6.07) is 7.29. The highest BCUT2D eigenvalue weighted by molar-refractivity contribution is 7.99. The second-order valence-corrected chi connectivity index (χ2v) is 10.3. The molecular formula is C25H41NO6S. The monoisotopic (exact) mass is 483 g/mol. The molecule has 1 amide bonds. The first-order valence-corrected chi connectivity index (χ1v) is 12.9. The lowest BCUT2D eigenvalue weighted by molar-refractivity contribution is -0.149. The molecule has 0 fully saturated rings. The van der Waals surface area contributed by atoms with Crippen LogP contribution < -0.4 is 4.74 Å². The van der Waals surface area contributed by atoms with E-state index < -0.39 is 12.1 Å². The van der Waals surface area contributed by atoms with Crippen LogP contribution in [0.2, 0.25) is 0 Å². The van der Waals surface area contributed by atoms with Gasteiger partial charge < -0.3 is 24.2 Å². The highest BCUT2D eigenvalue weighted by Gasteiger charge is 2.20. The van der Waals surface area contributed by atoms with Crippen LogP contribution in [-0.2, 0) is 20.7 Å². The fourth-order valence-electron chi connectivity index (χ4n) is 2.90. The molecule has 33 heavy (non-hydrogen) atoms. The summed E-state index contributed by atoms with van der Waals surface area (Å²) >= 11 is 1.90. The van der Waals surface area contributed by atoms with Crippen molar-refractivity contribution in [2.75, 3.05) is 44.4 Å². The lowest BCUT2D eigenvalue weighted by Crippen LogP contribution is -2.37. The number of nitrogens with zero attached hydrogens (tertiary/aromatic N) is 1. The average Bonchev–Trinajstić information content (AvgIpc) is 2.76. The van der Waals surface area contributed by atoms with Gasteiger partial charge in [0.2, 0.25) is 0 Å². The third-order valence-electron chi connectivity index (χ3n) is 4.57. The van der Waals surface area contributed by atoms with E-state index in [2.05, 4.69) is 6.92 Å². The first-order chi connectivity index (χ1) is 15.7. The standard InChI is InChI=1S/C25H41NO6S/c1-6-16-33-17-8-13-26(24(29)32-19-25(3,4)5)14-15-31-21-11-9-20(10-12-21)18-22(23(27)28)30-7-2/h9-12,22H,6-8,13-19H2,1-5H3,(H,27,28). The number of thioether (sulfide) groups is 1. The highest BCUT2D eigenvalue weighted by Crippen LogP contribution is 2.16. The summed E-state index contributed by atoms with van der Waals surface area (Å²) in [5.41, 5.74) is 0.776. The number of rotatable bonds is 16. The van der Waals surface area contributed by atoms with Gasteiger partial charge in [-0.1, -0.05) is 39.8 Å². The third kappa shape index (κ3) is 13.4. The molecule has 1 rings (SSSR count). The van der Waals surface area contributed by atoms with E-state index in [-0.39, 0.29) is 11.5 Å². The van der Waals surface area contributed by atoms with E-state index in [9.17, 15) is 14.7 Å². The molecule has 0 saturated carbocycles. The number of carboxylic acids is 1. The minimum absolute atomic E-state index is 0.0850. The molecule has 0 saturated heterocycles. The van der Waals surface area contributed by atoms with Crippen molar-refractivity contribution in [3.05, 3.63) is 29.8 Å². The molecule has 1 N–H and O–H groups in total. The zero-order valence-corrected chi connectivity index (χ0v) is 21.6. The number of carbonyl (C=O) groups is 2. The van der Waals surface area contributed by atoms with Gasteiger partial charge in [0.05, 0.1) is 13.2 Å². The Kier molecular flexibility index (Phi) is 14.0. The Bertz CT molecular complexity index is 689. The summed E-state index contributed by atoms with van der Waals surface area (Å²) < 4.78 is 16.6. The second kappa shape index (κ2) is 15.8. The molecular weight excluding hydrogens is 442 g/mol. The maximum Gasteiger partial charge on any atom is 0.409 e. The van der Waals surface area contributed by atoms with Crippen LogP contribution in [0, 0.1) is 5.41 Å². The van der Waals surface area contributed by atoms with Crippen LogP contribution in [0.4, 0.5) is 4.79 Å². The smallest absolute Gasteiger partial charge is 0.409 e. The van der Waals surface area contributed by atoms with Crippen LogP contribution in [0.25, 0.3) is 0 Å². The van der Waals surface area contributed by atoms with Crippen LogP contribution in [0.15, 0.2) is 24.3 Å². The number of carbonyl (C=O) groups excluding carboxylic acids is 1. The minimum Gasteiger partial charge on any atom is -0.492 e. The van der Waals surface area contributed by atoms with Gasteiger partial charge in [0.15, 0.2) is 6.10 Å². The molecule has 8 heteroatoms. The predicted octanol–water partition coefficient (Wildman–Crippen LogP) is 5.12. The third-order valence-corrected chi connectivity index (χ3v) is 5.84. The largest absolute Gasteiger partial charge is 0.492 e. The summed E-state index contributed by atoms with van der Waals surface area (Å²) in [7, 11) is 0. The first kappa shape index (κ1) is 29.1. The van der Waals surface area contributed by atoms with Crippen molar-refractivity contribution in [1.29, 1.82) is 0 Å². The number of amides is 1. The summed E-state index contributed by atoms with van der Waals surface area (Å²) in [5.74, 6) is 1.84. The van der Waals surface area contributed by atoms with Crippen molar-refractivity contribution in [2.24, 2.45) is 5.41 Å². The lowest BCUT2D eigenvalue weighted by atomic mass is 9.99. The van der Waals surface area contributed by atoms with Crippen molar-refractivity contribution in [1.82, 2.24) is 4.90 Å². The average molecular weight is 484 g/mol. The number of aliphatic carboxylic acids is 1. The van der Waals surface area contributed by atoms with Gasteiger partial charge in [-0.25, -0.2) is 9.59 Å². The van der Waals surface area contributed by atoms with E-state index in [1.807, 2.05) is 56.8 Å². The molecule has 0 heterocycles. The van der Waals surface area contributed by atoms with E-state index >= 15 is 0 Å². The predicted molar refractivity (Wildman–Crippen MR) is 133 cm³/mol. The fourth-order valence-corrected chi connectivity index (χ4v) is 3.72. The molecule has 0 aromatic heterocycles. The van der Waals surface area contributed by atoms with Gasteiger partial charge in [0.25, 0.3) is 0 Å². The molecule has 0 spiro atoms. The van der Waals surface area contributed by atoms with Gasteiger partial charge >= 0.3 is 12.1 Å². The van der Waals surface area contributed by atoms with E-state index in [1.165, 1.54) is 0 Å². The van der Waals surface area contributed by atoms with Crippen molar-refractivity contribution >= 4 is 23.8 Å². The Labute approximate surface area is 203 Å². The number of hydrogen-bond acceptors (Lipinski definition) is 6. The number of carboxylic acid groups (broad SMARTS) is 1. The molecule has 1 atom stereocenters. The number of hydrogen-bond donors (Lipinski definition) is 1. The van der Waals surface area contributed by atoms with Gasteiger partial charge in [-0.2, -0.15) is 11.8 Å². The van der Waals surface area contributed by atoms with Crippen molar-refractivity contribution in [2.45, 2.75) is 60.0 Å². The molecule has 0 aliphatic carbocycles. The summed E-state index contributed by atoms with van der Waals surface area (Å²) in [4.78, 5) is 25.6. The van der Waals surface area contributed by atoms with Gasteiger partial charge in [-0.3, -0.25) is 0 Å². The Morgan fingerprint density at radius 2 is 1.79 bits per heavy atom. The van der Waals surface area contributed by atoms with Crippen LogP contribution in [0.5, 0.6) is 5.75 Å². The van der Waals surface area contributed by atoms with Gasteiger partial charge in [0.1, 0.15) is 12.4 Å². The molecule has 1 aromatic rings. The van der Waals surface area contributed by atoms with Gasteiger partial charge in [0, 0.05) is 19.6 Å². The van der Waals surface area contributed by atoms with Crippen molar-refractivity contribution in [3.8, 4) is 5.75 Å². The van der Waals surface area contributed by atoms with E-state index in [4.69, 9.17) is 14.2 Å². The van der Waals surface area contributed by atoms with E-state index in [0.29, 0.717) is 45.1 Å². The van der Waals surface area contributed by atoms with Crippen LogP contribution in [0.3, 0.4) is 0 Å². The molecule has 0 bridgehead atoms. The Morgan fingerprint density at radius 3 is 2.36 bits per heavy atom. The summed E-state index contributed by atoms with van der Waals surface area (Å²) in [5, 5.41) is 9.23. The molecule has 1 unspecified atom stereocenters. The van der Waals surface area contributed by atoms with Crippen LogP contribution in [-0.4, -0.2) is 72.6 Å². The van der Waals surface area contributed by atoms with Crippen LogP contribution >= 0.6 is 11.8 Å². The second-order valence-electron chi connectivity index (χ2n) is 9.05. The zero-order chi connectivity index (χ0) is 24.7. The number of ether oxygens (including phenoxy) is 3. The Hall–Kier alpha value is -1.93. The molecule has 188 valence electrons. The SMILES string of the molecule is CCCSCCCN(CCOc1ccc(CC(OCC)C(=O)O)cc1)C(=O)OCC(C)(C)C. The quantitative estimate of drug-likeness (QED) is 0.327. The molecule has 0 aliphatic heterocycles. The zero-order valence-electron chi connectivity index (χ0n) is 20.8. The number of benzene rings is 1. The summed E-state index contributed by atoms with van der Waals surface area (Å²) in [6.45, 7) is 12.2. The summed E-state index contributed by atoms with van der Waals surface area (Å²) in [6.07, 6.45) is 1.20. The molecule has 0 radical (unpaired) electrons. The van der Waals surface area contributed by atoms with Crippen LogP contribution in [0.1, 0.15) is 53.0 Å².